The Hall–Kier alpha value is -2.96. The maximum Gasteiger partial charge on any atom is 0.270 e. The maximum absolute atomic E-state index is 12.4. The van der Waals surface area contributed by atoms with Crippen molar-refractivity contribution in [1.29, 1.82) is 0 Å². The smallest absolute Gasteiger partial charge is 0.270 e. The summed E-state index contributed by atoms with van der Waals surface area (Å²) >= 11 is 0. The van der Waals surface area contributed by atoms with Gasteiger partial charge in [0.25, 0.3) is 5.91 Å². The SMILES string of the molecule is COc1ccc(NC(=O)CCC2CCN(C(=O)c3ccc[nH]3)CC2)c(OC)c1. The number of carbonyl (C=O) groups is 2. The average molecular weight is 385 g/mol. The molecule has 2 aromatic rings. The van der Waals surface area contributed by atoms with Crippen molar-refractivity contribution in [2.45, 2.75) is 25.7 Å². The number of amides is 2. The summed E-state index contributed by atoms with van der Waals surface area (Å²) < 4.78 is 10.5. The summed E-state index contributed by atoms with van der Waals surface area (Å²) in [6.45, 7) is 1.47. The van der Waals surface area contributed by atoms with Gasteiger partial charge in [-0.05, 0) is 49.4 Å². The molecule has 0 bridgehead atoms. The first-order valence-corrected chi connectivity index (χ1v) is 9.55. The minimum absolute atomic E-state index is 0.0339. The summed E-state index contributed by atoms with van der Waals surface area (Å²) in [5, 5.41) is 2.91. The molecular formula is C21H27N3O4. The van der Waals surface area contributed by atoms with E-state index in [4.69, 9.17) is 9.47 Å². The normalized spacial score (nSPS) is 14.6. The van der Waals surface area contributed by atoms with Crippen molar-refractivity contribution < 1.29 is 19.1 Å². The molecule has 3 rings (SSSR count). The highest BCUT2D eigenvalue weighted by molar-refractivity contribution is 5.93. The Bertz CT molecular complexity index is 796. The maximum atomic E-state index is 12.4. The van der Waals surface area contributed by atoms with Crippen molar-refractivity contribution in [3.05, 3.63) is 42.2 Å². The molecule has 0 radical (unpaired) electrons. The zero-order valence-electron chi connectivity index (χ0n) is 16.4. The van der Waals surface area contributed by atoms with Gasteiger partial charge in [-0.3, -0.25) is 9.59 Å². The Morgan fingerprint density at radius 3 is 2.61 bits per heavy atom. The van der Waals surface area contributed by atoms with E-state index in [1.165, 1.54) is 0 Å². The Labute approximate surface area is 165 Å². The minimum atomic E-state index is -0.0339. The Morgan fingerprint density at radius 1 is 1.18 bits per heavy atom. The first-order chi connectivity index (χ1) is 13.6. The molecule has 7 heteroatoms. The van der Waals surface area contributed by atoms with Crippen LogP contribution in [0.2, 0.25) is 0 Å². The fraction of sp³-hybridized carbons (Fsp3) is 0.429. The lowest BCUT2D eigenvalue weighted by atomic mass is 9.92. The lowest BCUT2D eigenvalue weighted by molar-refractivity contribution is -0.116. The van der Waals surface area contributed by atoms with Crippen molar-refractivity contribution in [3.8, 4) is 11.5 Å². The Morgan fingerprint density at radius 2 is 1.96 bits per heavy atom. The predicted molar refractivity (Wildman–Crippen MR) is 107 cm³/mol. The number of rotatable bonds is 7. The van der Waals surface area contributed by atoms with Crippen LogP contribution in [0.3, 0.4) is 0 Å². The molecule has 1 fully saturated rings. The fourth-order valence-corrected chi connectivity index (χ4v) is 3.51. The second-order valence-electron chi connectivity index (χ2n) is 6.97. The van der Waals surface area contributed by atoms with E-state index in [2.05, 4.69) is 10.3 Å². The molecule has 2 N–H and O–H groups in total. The van der Waals surface area contributed by atoms with Gasteiger partial charge in [0, 0.05) is 31.8 Å². The van der Waals surface area contributed by atoms with Gasteiger partial charge < -0.3 is 24.7 Å². The largest absolute Gasteiger partial charge is 0.497 e. The van der Waals surface area contributed by atoms with Crippen molar-refractivity contribution in [2.75, 3.05) is 32.6 Å². The van der Waals surface area contributed by atoms with Crippen molar-refractivity contribution in [3.63, 3.8) is 0 Å². The van der Waals surface area contributed by atoms with Crippen LogP contribution < -0.4 is 14.8 Å². The summed E-state index contributed by atoms with van der Waals surface area (Å²) in [5.41, 5.74) is 1.27. The van der Waals surface area contributed by atoms with Gasteiger partial charge in [-0.25, -0.2) is 0 Å². The van der Waals surface area contributed by atoms with Crippen LogP contribution in [0.5, 0.6) is 11.5 Å². The number of nitrogens with one attached hydrogen (secondary N) is 2. The first-order valence-electron chi connectivity index (χ1n) is 9.55. The van der Waals surface area contributed by atoms with Gasteiger partial charge in [-0.15, -0.1) is 0 Å². The van der Waals surface area contributed by atoms with E-state index in [1.807, 2.05) is 11.0 Å². The molecule has 0 spiro atoms. The van der Waals surface area contributed by atoms with Crippen LogP contribution in [-0.2, 0) is 4.79 Å². The molecule has 0 unspecified atom stereocenters. The van der Waals surface area contributed by atoms with Crippen LogP contribution in [0.15, 0.2) is 36.5 Å². The second-order valence-corrected chi connectivity index (χ2v) is 6.97. The van der Waals surface area contributed by atoms with Crippen molar-refractivity contribution >= 4 is 17.5 Å². The number of nitrogens with zero attached hydrogens (tertiary/aromatic N) is 1. The fourth-order valence-electron chi connectivity index (χ4n) is 3.51. The number of methoxy groups -OCH3 is 2. The van der Waals surface area contributed by atoms with Gasteiger partial charge in [0.15, 0.2) is 0 Å². The number of likely N-dealkylation sites (tertiary alicyclic amines) is 1. The predicted octanol–water partition coefficient (Wildman–Crippen LogP) is 3.30. The number of H-pyrrole nitrogens is 1. The molecule has 1 saturated heterocycles. The number of aromatic nitrogens is 1. The molecule has 1 aromatic carbocycles. The molecular weight excluding hydrogens is 358 g/mol. The van der Waals surface area contributed by atoms with Gasteiger partial charge in [0.2, 0.25) is 5.91 Å². The molecule has 2 heterocycles. The number of aromatic amines is 1. The number of carbonyl (C=O) groups excluding carboxylic acids is 2. The third kappa shape index (κ3) is 4.85. The topological polar surface area (TPSA) is 83.7 Å². The van der Waals surface area contributed by atoms with Gasteiger partial charge in [-0.2, -0.15) is 0 Å². The summed E-state index contributed by atoms with van der Waals surface area (Å²) in [5.74, 6) is 1.72. The average Bonchev–Trinajstić information content (AvgIpc) is 3.27. The molecule has 0 saturated carbocycles. The second kappa shape index (κ2) is 9.30. The molecule has 2 amide bonds. The van der Waals surface area contributed by atoms with E-state index >= 15 is 0 Å². The summed E-state index contributed by atoms with van der Waals surface area (Å²) in [6, 6.07) is 8.93. The van der Waals surface area contributed by atoms with Crippen LogP contribution in [-0.4, -0.2) is 49.0 Å². The summed E-state index contributed by atoms with van der Waals surface area (Å²) in [6.07, 6.45) is 4.87. The molecule has 1 aromatic heterocycles. The Kier molecular flexibility index (Phi) is 6.57. The standard InChI is InChI=1S/C21H27N3O4/c1-27-16-6-7-17(19(14-16)28-2)23-20(25)8-5-15-9-12-24(13-10-15)21(26)18-4-3-11-22-18/h3-4,6-7,11,14-15,22H,5,8-10,12-13H2,1-2H3,(H,23,25). The molecule has 0 aliphatic carbocycles. The highest BCUT2D eigenvalue weighted by atomic mass is 16.5. The van der Waals surface area contributed by atoms with Gasteiger partial charge in [0.05, 0.1) is 19.9 Å². The molecule has 28 heavy (non-hydrogen) atoms. The quantitative estimate of drug-likeness (QED) is 0.766. The minimum Gasteiger partial charge on any atom is -0.497 e. The van der Waals surface area contributed by atoms with Crippen molar-refractivity contribution in [2.24, 2.45) is 5.92 Å². The lowest BCUT2D eigenvalue weighted by Crippen LogP contribution is -2.38. The molecule has 1 aliphatic rings. The van der Waals surface area contributed by atoms with Gasteiger partial charge >= 0.3 is 0 Å². The number of anilines is 1. The van der Waals surface area contributed by atoms with E-state index in [0.29, 0.717) is 35.2 Å². The lowest BCUT2D eigenvalue weighted by Gasteiger charge is -2.31. The summed E-state index contributed by atoms with van der Waals surface area (Å²) in [7, 11) is 3.15. The van der Waals surface area contributed by atoms with E-state index in [-0.39, 0.29) is 11.8 Å². The highest BCUT2D eigenvalue weighted by Gasteiger charge is 2.24. The van der Waals surface area contributed by atoms with Gasteiger partial charge in [0.1, 0.15) is 17.2 Å². The van der Waals surface area contributed by atoms with Crippen LogP contribution in [0.25, 0.3) is 0 Å². The molecule has 0 atom stereocenters. The van der Waals surface area contributed by atoms with Crippen LogP contribution in [0.4, 0.5) is 5.69 Å². The third-order valence-corrected chi connectivity index (χ3v) is 5.19. The zero-order valence-corrected chi connectivity index (χ0v) is 16.4. The summed E-state index contributed by atoms with van der Waals surface area (Å²) in [4.78, 5) is 29.5. The number of piperidine rings is 1. The van der Waals surface area contributed by atoms with Crippen molar-refractivity contribution in [1.82, 2.24) is 9.88 Å². The van der Waals surface area contributed by atoms with Crippen LogP contribution in [0.1, 0.15) is 36.2 Å². The Balaban J connectivity index is 1.44. The monoisotopic (exact) mass is 385 g/mol. The molecule has 7 nitrogen and oxygen atoms in total. The van der Waals surface area contributed by atoms with E-state index < -0.39 is 0 Å². The van der Waals surface area contributed by atoms with Crippen LogP contribution >= 0.6 is 0 Å². The van der Waals surface area contributed by atoms with Crippen LogP contribution in [0, 0.1) is 5.92 Å². The highest BCUT2D eigenvalue weighted by Crippen LogP contribution is 2.29. The van der Waals surface area contributed by atoms with E-state index in [0.717, 1.165) is 32.4 Å². The first kappa shape index (κ1) is 19.8. The van der Waals surface area contributed by atoms with E-state index in [1.54, 1.807) is 44.7 Å². The number of hydrogen-bond acceptors (Lipinski definition) is 4. The number of ether oxygens (including phenoxy) is 2. The number of benzene rings is 1. The third-order valence-electron chi connectivity index (χ3n) is 5.19. The number of hydrogen-bond donors (Lipinski definition) is 2. The van der Waals surface area contributed by atoms with E-state index in [9.17, 15) is 9.59 Å². The van der Waals surface area contributed by atoms with Gasteiger partial charge in [-0.1, -0.05) is 0 Å². The molecule has 150 valence electrons. The zero-order chi connectivity index (χ0) is 19.9. The molecule has 1 aliphatic heterocycles.